The van der Waals surface area contributed by atoms with E-state index in [0.29, 0.717) is 17.4 Å². The quantitative estimate of drug-likeness (QED) is 0.0243. The zero-order valence-corrected chi connectivity index (χ0v) is 44.6. The van der Waals surface area contributed by atoms with Gasteiger partial charge in [-0.05, 0) is 44.9 Å². The molecular formula is C56H110N2O6P+. The topological polar surface area (TPSA) is 105 Å². The van der Waals surface area contributed by atoms with E-state index < -0.39 is 20.0 Å². The number of unbranched alkanes of at least 4 members (excludes halogenated alkanes) is 34. The predicted molar refractivity (Wildman–Crippen MR) is 281 cm³/mol. The fourth-order valence-electron chi connectivity index (χ4n) is 8.19. The Morgan fingerprint density at radius 1 is 0.508 bits per heavy atom. The van der Waals surface area contributed by atoms with Gasteiger partial charge in [0.2, 0.25) is 5.91 Å². The number of amides is 1. The number of nitrogens with zero attached hydrogens (tertiary/aromatic N) is 1. The lowest BCUT2D eigenvalue weighted by molar-refractivity contribution is -0.870. The second-order valence-electron chi connectivity index (χ2n) is 20.3. The summed E-state index contributed by atoms with van der Waals surface area (Å²) in [6.45, 7) is 4.79. The van der Waals surface area contributed by atoms with Gasteiger partial charge in [0.15, 0.2) is 0 Å². The number of allylic oxidation sites excluding steroid dienone is 5. The molecule has 3 N–H and O–H groups in total. The minimum Gasteiger partial charge on any atom is -0.387 e. The first kappa shape index (κ1) is 63.7. The van der Waals surface area contributed by atoms with E-state index in [0.717, 1.165) is 44.9 Å². The summed E-state index contributed by atoms with van der Waals surface area (Å²) in [4.78, 5) is 23.2. The number of aliphatic hydroxyl groups is 1. The van der Waals surface area contributed by atoms with Crippen molar-refractivity contribution in [1.82, 2.24) is 5.32 Å². The van der Waals surface area contributed by atoms with Crippen molar-refractivity contribution in [2.45, 2.75) is 276 Å². The lowest BCUT2D eigenvalue weighted by Gasteiger charge is -2.25. The van der Waals surface area contributed by atoms with Gasteiger partial charge in [-0.15, -0.1) is 0 Å². The largest absolute Gasteiger partial charge is 0.472 e. The number of rotatable bonds is 51. The highest BCUT2D eigenvalue weighted by Gasteiger charge is 2.27. The molecule has 8 nitrogen and oxygen atoms in total. The number of hydrogen-bond donors (Lipinski definition) is 3. The van der Waals surface area contributed by atoms with Crippen molar-refractivity contribution in [3.63, 3.8) is 0 Å². The summed E-state index contributed by atoms with van der Waals surface area (Å²) in [5.41, 5.74) is 0. The average Bonchev–Trinajstić information content (AvgIpc) is 3.26. The Labute approximate surface area is 404 Å². The molecule has 9 heteroatoms. The van der Waals surface area contributed by atoms with E-state index in [-0.39, 0.29) is 19.1 Å². The highest BCUT2D eigenvalue weighted by atomic mass is 31.2. The van der Waals surface area contributed by atoms with Crippen LogP contribution in [0.4, 0.5) is 0 Å². The molecule has 0 aliphatic heterocycles. The van der Waals surface area contributed by atoms with Crippen molar-refractivity contribution >= 4 is 13.7 Å². The SMILES string of the molecule is CCCCCC/C=C/CC/C=C/CC/C=C/C(O)C(COP(=O)(O)OCC[N+](C)(C)C)NC(=O)CCCCCCCCCCCCCCCCCCCCCCCCCCCCCCC. The van der Waals surface area contributed by atoms with Crippen LogP contribution in [-0.2, 0) is 18.4 Å². The fourth-order valence-corrected chi connectivity index (χ4v) is 8.93. The maximum absolute atomic E-state index is 12.9. The molecule has 0 spiro atoms. The number of likely N-dealkylation sites (N-methyl/N-ethyl adjacent to an activating group) is 1. The number of carbonyl (C=O) groups excluding carboxylic acids is 1. The molecule has 0 bridgehead atoms. The summed E-state index contributed by atoms with van der Waals surface area (Å²) in [6.07, 6.45) is 61.2. The molecule has 0 fully saturated rings. The highest BCUT2D eigenvalue weighted by Crippen LogP contribution is 2.43. The summed E-state index contributed by atoms with van der Waals surface area (Å²) in [7, 11) is 1.55. The van der Waals surface area contributed by atoms with Crippen molar-refractivity contribution in [3.05, 3.63) is 36.5 Å². The third-order valence-corrected chi connectivity index (χ3v) is 13.6. The highest BCUT2D eigenvalue weighted by molar-refractivity contribution is 7.47. The first-order valence-corrected chi connectivity index (χ1v) is 29.4. The zero-order valence-electron chi connectivity index (χ0n) is 43.7. The Kier molecular flexibility index (Phi) is 46.8. The lowest BCUT2D eigenvalue weighted by Crippen LogP contribution is -2.45. The van der Waals surface area contributed by atoms with E-state index in [9.17, 15) is 19.4 Å². The molecule has 65 heavy (non-hydrogen) atoms. The molecule has 0 aliphatic rings. The summed E-state index contributed by atoms with van der Waals surface area (Å²) >= 11 is 0. The Balaban J connectivity index is 4.10. The molecular weight excluding hydrogens is 828 g/mol. The molecule has 0 heterocycles. The fraction of sp³-hybridized carbons (Fsp3) is 0.875. The Bertz CT molecular complexity index is 1150. The van der Waals surface area contributed by atoms with E-state index in [1.807, 2.05) is 27.2 Å². The van der Waals surface area contributed by atoms with Gasteiger partial charge >= 0.3 is 7.82 Å². The first-order valence-electron chi connectivity index (χ1n) is 27.9. The van der Waals surface area contributed by atoms with Crippen LogP contribution >= 0.6 is 7.82 Å². The van der Waals surface area contributed by atoms with Gasteiger partial charge in [0.1, 0.15) is 13.2 Å². The van der Waals surface area contributed by atoms with Crippen molar-refractivity contribution in [2.75, 3.05) is 40.9 Å². The van der Waals surface area contributed by atoms with Crippen LogP contribution in [0.15, 0.2) is 36.5 Å². The maximum Gasteiger partial charge on any atom is 0.472 e. The molecule has 384 valence electrons. The number of nitrogens with one attached hydrogen (secondary N) is 1. The number of phosphoric ester groups is 1. The summed E-state index contributed by atoms with van der Waals surface area (Å²) in [5, 5.41) is 13.9. The smallest absolute Gasteiger partial charge is 0.387 e. The molecule has 0 rings (SSSR count). The van der Waals surface area contributed by atoms with Gasteiger partial charge < -0.3 is 19.8 Å². The van der Waals surface area contributed by atoms with Gasteiger partial charge in [-0.2, -0.15) is 0 Å². The molecule has 3 unspecified atom stereocenters. The third-order valence-electron chi connectivity index (χ3n) is 12.6. The second kappa shape index (κ2) is 47.8. The van der Waals surface area contributed by atoms with Gasteiger partial charge in [0.05, 0.1) is 39.9 Å². The van der Waals surface area contributed by atoms with E-state index in [1.165, 1.54) is 199 Å². The molecule has 0 radical (unpaired) electrons. The average molecular weight is 938 g/mol. The van der Waals surface area contributed by atoms with E-state index in [4.69, 9.17) is 9.05 Å². The van der Waals surface area contributed by atoms with Crippen LogP contribution in [0.1, 0.15) is 264 Å². The second-order valence-corrected chi connectivity index (χ2v) is 21.8. The van der Waals surface area contributed by atoms with Crippen LogP contribution in [-0.4, -0.2) is 73.4 Å². The molecule has 0 aromatic heterocycles. The molecule has 0 saturated carbocycles. The van der Waals surface area contributed by atoms with Crippen molar-refractivity contribution < 1.29 is 32.9 Å². The van der Waals surface area contributed by atoms with E-state index in [2.05, 4.69) is 43.5 Å². The predicted octanol–water partition coefficient (Wildman–Crippen LogP) is 16.6. The number of quaternary nitrogens is 1. The monoisotopic (exact) mass is 938 g/mol. The van der Waals surface area contributed by atoms with Crippen molar-refractivity contribution in [2.24, 2.45) is 0 Å². The zero-order chi connectivity index (χ0) is 47.8. The van der Waals surface area contributed by atoms with Gasteiger partial charge in [0.25, 0.3) is 0 Å². The summed E-state index contributed by atoms with van der Waals surface area (Å²) < 4.78 is 23.6. The Hall–Kier alpha value is -1.28. The number of phosphoric acid groups is 1. The summed E-state index contributed by atoms with van der Waals surface area (Å²) in [6, 6.07) is -0.866. The molecule has 1 amide bonds. The molecule has 0 aromatic carbocycles. The summed E-state index contributed by atoms with van der Waals surface area (Å²) in [5.74, 6) is -0.187. The van der Waals surface area contributed by atoms with Gasteiger partial charge in [-0.25, -0.2) is 4.57 Å². The standard InChI is InChI=1S/C56H109N2O6P/c1-6-8-10-12-14-16-18-20-22-23-24-25-26-27-28-29-30-31-32-33-34-35-36-38-40-42-44-46-48-50-56(60)57-54(53-64-65(61,62)63-52-51-58(3,4)5)55(59)49-47-45-43-41-39-37-21-19-17-15-13-11-9-7-2/h17,19,39,41,47,49,54-55,59H,6-16,18,20-38,40,42-46,48,50-53H2,1-5H3,(H-,57,60,61,62)/p+1/b19-17+,41-39+,49-47+. The lowest BCUT2D eigenvalue weighted by atomic mass is 10.0. The normalized spacial score (nSPS) is 14.3. The van der Waals surface area contributed by atoms with Crippen molar-refractivity contribution in [1.29, 1.82) is 0 Å². The number of hydrogen-bond acceptors (Lipinski definition) is 5. The molecule has 3 atom stereocenters. The number of aliphatic hydroxyl groups excluding tert-OH is 1. The number of carbonyl (C=O) groups is 1. The van der Waals surface area contributed by atoms with Crippen LogP contribution in [0.25, 0.3) is 0 Å². The molecule has 0 aromatic rings. The van der Waals surface area contributed by atoms with Crippen LogP contribution < -0.4 is 5.32 Å². The first-order chi connectivity index (χ1) is 31.5. The third kappa shape index (κ3) is 50.4. The van der Waals surface area contributed by atoms with E-state index >= 15 is 0 Å². The van der Waals surface area contributed by atoms with Crippen LogP contribution in [0.5, 0.6) is 0 Å². The van der Waals surface area contributed by atoms with Gasteiger partial charge in [-0.3, -0.25) is 13.8 Å². The Morgan fingerprint density at radius 3 is 1.23 bits per heavy atom. The van der Waals surface area contributed by atoms with Crippen LogP contribution in [0, 0.1) is 0 Å². The minimum atomic E-state index is -4.35. The minimum absolute atomic E-state index is 0.0548. The van der Waals surface area contributed by atoms with Crippen LogP contribution in [0.2, 0.25) is 0 Å². The molecule has 0 aliphatic carbocycles. The maximum atomic E-state index is 12.9. The Morgan fingerprint density at radius 2 is 0.846 bits per heavy atom. The van der Waals surface area contributed by atoms with Crippen LogP contribution in [0.3, 0.4) is 0 Å². The molecule has 0 saturated heterocycles. The van der Waals surface area contributed by atoms with E-state index in [1.54, 1.807) is 6.08 Å². The van der Waals surface area contributed by atoms with Gasteiger partial charge in [0, 0.05) is 6.42 Å². The van der Waals surface area contributed by atoms with Crippen molar-refractivity contribution in [3.8, 4) is 0 Å². The van der Waals surface area contributed by atoms with Gasteiger partial charge in [-0.1, -0.05) is 249 Å².